The Balaban J connectivity index is 1.70. The van der Waals surface area contributed by atoms with E-state index in [2.05, 4.69) is 0 Å². The molecule has 1 saturated carbocycles. The van der Waals surface area contributed by atoms with Gasteiger partial charge in [-0.05, 0) is 68.1 Å². The first-order valence-corrected chi connectivity index (χ1v) is 15.1. The fourth-order valence-electron chi connectivity index (χ4n) is 6.02. The van der Waals surface area contributed by atoms with Crippen molar-refractivity contribution in [2.24, 2.45) is 11.7 Å². The van der Waals surface area contributed by atoms with E-state index in [-0.39, 0.29) is 11.5 Å². The van der Waals surface area contributed by atoms with E-state index < -0.39 is 6.04 Å². The molecule has 0 aliphatic heterocycles. The molecule has 0 saturated heterocycles. The largest absolute Gasteiger partial charge is 0.330 e. The van der Waals surface area contributed by atoms with Gasteiger partial charge in [-0.25, -0.2) is 4.98 Å². The molecule has 0 radical (unpaired) electrons. The summed E-state index contributed by atoms with van der Waals surface area (Å²) in [5.41, 5.74) is 9.13. The summed E-state index contributed by atoms with van der Waals surface area (Å²) in [6.07, 6.45) is 7.24. The molecular formula is C34H39ClN4O2. The SMILES string of the molecule is Cc1ccc(C(=O)N(CCCN)C(CC2CCCCC2)c2nc3cc(Cl)ccc3c(=O)n2Cc2ccccc2)cc1. The molecule has 2 N–H and O–H groups in total. The number of nitrogens with zero attached hydrogens (tertiary/aromatic N) is 3. The Morgan fingerprint density at radius 3 is 2.49 bits per heavy atom. The predicted molar refractivity (Wildman–Crippen MR) is 166 cm³/mol. The van der Waals surface area contributed by atoms with Gasteiger partial charge in [-0.3, -0.25) is 14.2 Å². The van der Waals surface area contributed by atoms with Crippen molar-refractivity contribution >= 4 is 28.4 Å². The van der Waals surface area contributed by atoms with Crippen LogP contribution in [0.4, 0.5) is 0 Å². The number of halogens is 1. The second-order valence-electron chi connectivity index (χ2n) is 11.3. The standard InChI is InChI=1S/C34H39ClN4O2/c1-24-13-15-27(16-14-24)33(40)38(20-8-19-36)31(21-25-9-4-2-5-10-25)32-37-30-22-28(35)17-18-29(30)34(41)39(32)23-26-11-6-3-7-12-26/h3,6-7,11-18,22,25,31H,2,4-5,8-10,19-21,23,36H2,1H3. The molecule has 1 atom stereocenters. The van der Waals surface area contributed by atoms with Crippen molar-refractivity contribution in [1.29, 1.82) is 0 Å². The molecule has 3 aromatic carbocycles. The lowest BCUT2D eigenvalue weighted by Gasteiger charge is -2.36. The van der Waals surface area contributed by atoms with Crippen molar-refractivity contribution in [2.75, 3.05) is 13.1 Å². The summed E-state index contributed by atoms with van der Waals surface area (Å²) >= 11 is 6.38. The molecule has 1 heterocycles. The lowest BCUT2D eigenvalue weighted by Crippen LogP contribution is -2.41. The number of hydrogen-bond donors (Lipinski definition) is 1. The average Bonchev–Trinajstić information content (AvgIpc) is 2.99. The van der Waals surface area contributed by atoms with Crippen molar-refractivity contribution in [3.05, 3.63) is 111 Å². The Labute approximate surface area is 247 Å². The van der Waals surface area contributed by atoms with Crippen LogP contribution >= 0.6 is 11.6 Å². The van der Waals surface area contributed by atoms with E-state index in [0.717, 1.165) is 30.4 Å². The Bertz CT molecular complexity index is 1530. The number of hydrogen-bond acceptors (Lipinski definition) is 4. The monoisotopic (exact) mass is 570 g/mol. The third kappa shape index (κ3) is 6.88. The summed E-state index contributed by atoms with van der Waals surface area (Å²) in [6.45, 7) is 3.32. The molecule has 1 fully saturated rings. The topological polar surface area (TPSA) is 81.2 Å². The number of fused-ring (bicyclic) bond motifs is 1. The van der Waals surface area contributed by atoms with Crippen LogP contribution in [-0.2, 0) is 6.54 Å². The molecule has 1 amide bonds. The van der Waals surface area contributed by atoms with E-state index in [0.29, 0.717) is 59.3 Å². The Kier molecular flexibility index (Phi) is 9.53. The molecule has 6 nitrogen and oxygen atoms in total. The predicted octanol–water partition coefficient (Wildman–Crippen LogP) is 6.91. The molecule has 0 spiro atoms. The van der Waals surface area contributed by atoms with Gasteiger partial charge in [-0.15, -0.1) is 0 Å². The van der Waals surface area contributed by atoms with Crippen LogP contribution in [-0.4, -0.2) is 33.4 Å². The number of amides is 1. The molecule has 1 unspecified atom stereocenters. The van der Waals surface area contributed by atoms with Crippen molar-refractivity contribution in [2.45, 2.75) is 64.5 Å². The summed E-state index contributed by atoms with van der Waals surface area (Å²) < 4.78 is 1.77. The van der Waals surface area contributed by atoms with Crippen molar-refractivity contribution in [1.82, 2.24) is 14.5 Å². The van der Waals surface area contributed by atoms with Crippen LogP contribution in [0.2, 0.25) is 5.02 Å². The Morgan fingerprint density at radius 2 is 1.78 bits per heavy atom. The van der Waals surface area contributed by atoms with E-state index in [1.807, 2.05) is 66.4 Å². The molecule has 1 aromatic heterocycles. The first-order chi connectivity index (χ1) is 19.9. The van der Waals surface area contributed by atoms with E-state index in [1.165, 1.54) is 19.3 Å². The molecule has 0 bridgehead atoms. The lowest BCUT2D eigenvalue weighted by molar-refractivity contribution is 0.0620. The molecule has 5 rings (SSSR count). The van der Waals surface area contributed by atoms with Crippen LogP contribution in [0.25, 0.3) is 10.9 Å². The number of aromatic nitrogens is 2. The van der Waals surface area contributed by atoms with Crippen LogP contribution in [0.5, 0.6) is 0 Å². The van der Waals surface area contributed by atoms with E-state index in [4.69, 9.17) is 22.3 Å². The molecule has 1 aliphatic carbocycles. The van der Waals surface area contributed by atoms with Gasteiger partial charge in [-0.2, -0.15) is 0 Å². The van der Waals surface area contributed by atoms with Gasteiger partial charge in [0.1, 0.15) is 5.82 Å². The van der Waals surface area contributed by atoms with Crippen LogP contribution < -0.4 is 11.3 Å². The fraction of sp³-hybridized carbons (Fsp3) is 0.382. The van der Waals surface area contributed by atoms with E-state index in [9.17, 15) is 9.59 Å². The Morgan fingerprint density at radius 1 is 1.05 bits per heavy atom. The van der Waals surface area contributed by atoms with Gasteiger partial charge >= 0.3 is 0 Å². The smallest absolute Gasteiger partial charge is 0.261 e. The average molecular weight is 571 g/mol. The minimum atomic E-state index is -0.391. The summed E-state index contributed by atoms with van der Waals surface area (Å²) in [5.74, 6) is 0.986. The van der Waals surface area contributed by atoms with Gasteiger partial charge in [0.2, 0.25) is 0 Å². The quantitative estimate of drug-likeness (QED) is 0.225. The van der Waals surface area contributed by atoms with Gasteiger partial charge in [-0.1, -0.05) is 91.7 Å². The van der Waals surface area contributed by atoms with Crippen LogP contribution in [0.3, 0.4) is 0 Å². The molecular weight excluding hydrogens is 532 g/mol. The number of carbonyl (C=O) groups excluding carboxylic acids is 1. The summed E-state index contributed by atoms with van der Waals surface area (Å²) in [7, 11) is 0. The molecule has 214 valence electrons. The van der Waals surface area contributed by atoms with Crippen molar-refractivity contribution in [3.8, 4) is 0 Å². The van der Waals surface area contributed by atoms with E-state index >= 15 is 0 Å². The number of nitrogens with two attached hydrogens (primary N) is 1. The maximum absolute atomic E-state index is 14.2. The molecule has 7 heteroatoms. The van der Waals surface area contributed by atoms with Crippen LogP contribution in [0.1, 0.15) is 78.3 Å². The van der Waals surface area contributed by atoms with E-state index in [1.54, 1.807) is 22.8 Å². The van der Waals surface area contributed by atoms with Crippen LogP contribution in [0.15, 0.2) is 77.6 Å². The number of carbonyl (C=O) groups is 1. The van der Waals surface area contributed by atoms with Gasteiger partial charge in [0.15, 0.2) is 0 Å². The fourth-order valence-corrected chi connectivity index (χ4v) is 6.18. The second-order valence-corrected chi connectivity index (χ2v) is 11.7. The molecule has 1 aliphatic rings. The Hall–Kier alpha value is -3.48. The highest BCUT2D eigenvalue weighted by molar-refractivity contribution is 6.31. The first-order valence-electron chi connectivity index (χ1n) is 14.8. The highest BCUT2D eigenvalue weighted by atomic mass is 35.5. The zero-order chi connectivity index (χ0) is 28.8. The summed E-state index contributed by atoms with van der Waals surface area (Å²) in [4.78, 5) is 35.4. The van der Waals surface area contributed by atoms with Gasteiger partial charge < -0.3 is 10.6 Å². The third-order valence-corrected chi connectivity index (χ3v) is 8.48. The first kappa shape index (κ1) is 29.0. The zero-order valence-corrected chi connectivity index (χ0v) is 24.5. The lowest BCUT2D eigenvalue weighted by atomic mass is 9.84. The van der Waals surface area contributed by atoms with Gasteiger partial charge in [0, 0.05) is 17.1 Å². The third-order valence-electron chi connectivity index (χ3n) is 8.25. The molecule has 4 aromatic rings. The summed E-state index contributed by atoms with van der Waals surface area (Å²) in [5, 5.41) is 1.04. The van der Waals surface area contributed by atoms with Crippen molar-refractivity contribution in [3.63, 3.8) is 0 Å². The van der Waals surface area contributed by atoms with Crippen LogP contribution in [0, 0.1) is 12.8 Å². The second kappa shape index (κ2) is 13.5. The maximum atomic E-state index is 14.2. The highest BCUT2D eigenvalue weighted by Crippen LogP contribution is 2.36. The normalized spacial score (nSPS) is 14.7. The number of rotatable bonds is 10. The van der Waals surface area contributed by atoms with Crippen molar-refractivity contribution < 1.29 is 4.79 Å². The number of benzene rings is 3. The summed E-state index contributed by atoms with van der Waals surface area (Å²) in [6, 6.07) is 22.5. The minimum absolute atomic E-state index is 0.0639. The number of aryl methyl sites for hydroxylation is 1. The van der Waals surface area contributed by atoms with Gasteiger partial charge in [0.05, 0.1) is 23.5 Å². The highest BCUT2D eigenvalue weighted by Gasteiger charge is 2.33. The minimum Gasteiger partial charge on any atom is -0.330 e. The maximum Gasteiger partial charge on any atom is 0.261 e. The molecule has 41 heavy (non-hydrogen) atoms. The zero-order valence-electron chi connectivity index (χ0n) is 23.8. The van der Waals surface area contributed by atoms with Gasteiger partial charge in [0.25, 0.3) is 11.5 Å².